The van der Waals surface area contributed by atoms with Crippen molar-refractivity contribution < 1.29 is 23.8 Å². The standard InChI is InChI=1S/C27H26N2O5/c1-5-28(18-11-7-6-8-12-18)25-24(20-13-9-10-14-22(20)33-3)26(30)29(27(25)31)21-17-19(32-2)15-16-23(21)34-4/h6-17H,5H2,1-4H3. The summed E-state index contributed by atoms with van der Waals surface area (Å²) in [4.78, 5) is 31.0. The van der Waals surface area contributed by atoms with Crippen molar-refractivity contribution >= 4 is 28.8 Å². The number of ether oxygens (including phenoxy) is 3. The van der Waals surface area contributed by atoms with Gasteiger partial charge in [-0.2, -0.15) is 0 Å². The number of hydrogen-bond acceptors (Lipinski definition) is 6. The van der Waals surface area contributed by atoms with Gasteiger partial charge in [0.05, 0.1) is 32.6 Å². The molecule has 0 saturated carbocycles. The van der Waals surface area contributed by atoms with E-state index >= 15 is 0 Å². The second kappa shape index (κ2) is 9.70. The van der Waals surface area contributed by atoms with E-state index in [-0.39, 0.29) is 11.3 Å². The number of carbonyl (C=O) groups excluding carboxylic acids is 2. The van der Waals surface area contributed by atoms with Gasteiger partial charge in [0.1, 0.15) is 22.9 Å². The smallest absolute Gasteiger partial charge is 0.282 e. The van der Waals surface area contributed by atoms with Gasteiger partial charge in [-0.15, -0.1) is 0 Å². The summed E-state index contributed by atoms with van der Waals surface area (Å²) >= 11 is 0. The van der Waals surface area contributed by atoms with E-state index in [1.165, 1.54) is 21.3 Å². The van der Waals surface area contributed by atoms with E-state index in [1.54, 1.807) is 30.3 Å². The third-order valence-electron chi connectivity index (χ3n) is 5.72. The molecule has 7 nitrogen and oxygen atoms in total. The normalized spacial score (nSPS) is 13.4. The van der Waals surface area contributed by atoms with E-state index in [2.05, 4.69) is 0 Å². The number of imide groups is 1. The molecule has 0 fully saturated rings. The zero-order valence-electron chi connectivity index (χ0n) is 19.6. The first-order valence-corrected chi connectivity index (χ1v) is 10.9. The molecular formula is C27H26N2O5. The molecule has 0 aliphatic carbocycles. The molecule has 0 radical (unpaired) electrons. The molecule has 3 aromatic carbocycles. The maximum atomic E-state index is 14.0. The van der Waals surface area contributed by atoms with Crippen LogP contribution < -0.4 is 24.0 Å². The fourth-order valence-electron chi connectivity index (χ4n) is 4.13. The lowest BCUT2D eigenvalue weighted by Crippen LogP contribution is -2.35. The zero-order chi connectivity index (χ0) is 24.2. The van der Waals surface area contributed by atoms with Crippen molar-refractivity contribution in [3.63, 3.8) is 0 Å². The van der Waals surface area contributed by atoms with Crippen LogP contribution in [0.15, 0.2) is 78.5 Å². The van der Waals surface area contributed by atoms with Crippen molar-refractivity contribution in [2.24, 2.45) is 0 Å². The Morgan fingerprint density at radius 3 is 2.09 bits per heavy atom. The average Bonchev–Trinajstić information content (AvgIpc) is 3.14. The molecule has 0 aromatic heterocycles. The molecular weight excluding hydrogens is 432 g/mol. The number of carbonyl (C=O) groups is 2. The van der Waals surface area contributed by atoms with Crippen molar-refractivity contribution in [1.82, 2.24) is 0 Å². The quantitative estimate of drug-likeness (QED) is 0.462. The minimum atomic E-state index is -0.467. The molecule has 1 aliphatic heterocycles. The predicted molar refractivity (Wildman–Crippen MR) is 131 cm³/mol. The Kier molecular flexibility index (Phi) is 6.54. The van der Waals surface area contributed by atoms with Gasteiger partial charge in [0.15, 0.2) is 0 Å². The van der Waals surface area contributed by atoms with Gasteiger partial charge < -0.3 is 19.1 Å². The van der Waals surface area contributed by atoms with E-state index in [9.17, 15) is 9.59 Å². The Morgan fingerprint density at radius 2 is 1.44 bits per heavy atom. The van der Waals surface area contributed by atoms with Crippen LogP contribution in [0.25, 0.3) is 5.57 Å². The summed E-state index contributed by atoms with van der Waals surface area (Å²) in [6.45, 7) is 2.41. The van der Waals surface area contributed by atoms with Crippen LogP contribution >= 0.6 is 0 Å². The number of anilines is 2. The van der Waals surface area contributed by atoms with Crippen LogP contribution in [0.3, 0.4) is 0 Å². The predicted octanol–water partition coefficient (Wildman–Crippen LogP) is 4.52. The topological polar surface area (TPSA) is 68.3 Å². The van der Waals surface area contributed by atoms with Gasteiger partial charge in [-0.25, -0.2) is 4.90 Å². The molecule has 3 aromatic rings. The molecule has 0 N–H and O–H groups in total. The number of likely N-dealkylation sites (N-methyl/N-ethyl adjacent to an activating group) is 1. The van der Waals surface area contributed by atoms with Crippen molar-refractivity contribution in [2.45, 2.75) is 6.92 Å². The second-order valence-electron chi connectivity index (χ2n) is 7.49. The minimum absolute atomic E-state index is 0.262. The first kappa shape index (κ1) is 22.9. The summed E-state index contributed by atoms with van der Waals surface area (Å²) in [6, 6.07) is 21.7. The molecule has 1 aliphatic rings. The summed E-state index contributed by atoms with van der Waals surface area (Å²) < 4.78 is 16.4. The van der Waals surface area contributed by atoms with E-state index in [1.807, 2.05) is 54.3 Å². The fourth-order valence-corrected chi connectivity index (χ4v) is 4.13. The van der Waals surface area contributed by atoms with Crippen LogP contribution in [0.1, 0.15) is 12.5 Å². The van der Waals surface area contributed by atoms with Crippen molar-refractivity contribution in [1.29, 1.82) is 0 Å². The first-order chi connectivity index (χ1) is 16.5. The third-order valence-corrected chi connectivity index (χ3v) is 5.72. The largest absolute Gasteiger partial charge is 0.497 e. The van der Waals surface area contributed by atoms with Crippen LogP contribution in [0, 0.1) is 0 Å². The molecule has 0 spiro atoms. The molecule has 34 heavy (non-hydrogen) atoms. The highest BCUT2D eigenvalue weighted by Crippen LogP contribution is 2.42. The van der Waals surface area contributed by atoms with Crippen LogP contribution in [0.5, 0.6) is 17.2 Å². The number of amides is 2. The summed E-state index contributed by atoms with van der Waals surface area (Å²) in [7, 11) is 4.56. The summed E-state index contributed by atoms with van der Waals surface area (Å²) in [5, 5.41) is 0. The number of para-hydroxylation sites is 2. The summed E-state index contributed by atoms with van der Waals surface area (Å²) in [6.07, 6.45) is 0. The Hall–Kier alpha value is -4.26. The van der Waals surface area contributed by atoms with Crippen LogP contribution in [-0.4, -0.2) is 39.7 Å². The van der Waals surface area contributed by atoms with Crippen LogP contribution in [0.4, 0.5) is 11.4 Å². The maximum Gasteiger partial charge on any atom is 0.282 e. The highest BCUT2D eigenvalue weighted by atomic mass is 16.5. The molecule has 7 heteroatoms. The van der Waals surface area contributed by atoms with Gasteiger partial charge >= 0.3 is 0 Å². The molecule has 174 valence electrons. The highest BCUT2D eigenvalue weighted by molar-refractivity contribution is 6.47. The maximum absolute atomic E-state index is 14.0. The van der Waals surface area contributed by atoms with E-state index < -0.39 is 11.8 Å². The van der Waals surface area contributed by atoms with E-state index in [4.69, 9.17) is 14.2 Å². The molecule has 1 heterocycles. The molecule has 0 bridgehead atoms. The number of methoxy groups -OCH3 is 3. The van der Waals surface area contributed by atoms with Gasteiger partial charge in [-0.3, -0.25) is 9.59 Å². The molecule has 4 rings (SSSR count). The number of nitrogens with zero attached hydrogens (tertiary/aromatic N) is 2. The van der Waals surface area contributed by atoms with Gasteiger partial charge in [-0.05, 0) is 37.3 Å². The average molecular weight is 459 g/mol. The first-order valence-electron chi connectivity index (χ1n) is 10.9. The minimum Gasteiger partial charge on any atom is -0.497 e. The van der Waals surface area contributed by atoms with E-state index in [0.29, 0.717) is 35.0 Å². The van der Waals surface area contributed by atoms with Gasteiger partial charge in [-0.1, -0.05) is 36.4 Å². The lowest BCUT2D eigenvalue weighted by atomic mass is 10.0. The molecule has 2 amide bonds. The lowest BCUT2D eigenvalue weighted by Gasteiger charge is -2.25. The highest BCUT2D eigenvalue weighted by Gasteiger charge is 2.44. The number of benzene rings is 3. The van der Waals surface area contributed by atoms with E-state index in [0.717, 1.165) is 10.6 Å². The van der Waals surface area contributed by atoms with Gasteiger partial charge in [0, 0.05) is 23.9 Å². The van der Waals surface area contributed by atoms with Crippen molar-refractivity contribution in [3.05, 3.63) is 84.1 Å². The zero-order valence-corrected chi connectivity index (χ0v) is 19.6. The fraction of sp³-hybridized carbons (Fsp3) is 0.185. The van der Waals surface area contributed by atoms with Gasteiger partial charge in [0.2, 0.25) is 0 Å². The number of hydrogen-bond donors (Lipinski definition) is 0. The Balaban J connectivity index is 1.97. The lowest BCUT2D eigenvalue weighted by molar-refractivity contribution is -0.120. The van der Waals surface area contributed by atoms with Gasteiger partial charge in [0.25, 0.3) is 11.8 Å². The summed E-state index contributed by atoms with van der Waals surface area (Å²) in [5.74, 6) is 0.457. The summed E-state index contributed by atoms with van der Waals surface area (Å²) in [5.41, 5.74) is 2.18. The van der Waals surface area contributed by atoms with Crippen molar-refractivity contribution in [2.75, 3.05) is 37.7 Å². The van der Waals surface area contributed by atoms with Crippen LogP contribution in [-0.2, 0) is 9.59 Å². The molecule has 0 saturated heterocycles. The second-order valence-corrected chi connectivity index (χ2v) is 7.49. The Bertz CT molecular complexity index is 1250. The van der Waals surface area contributed by atoms with Crippen LogP contribution in [0.2, 0.25) is 0 Å². The molecule has 0 unspecified atom stereocenters. The monoisotopic (exact) mass is 458 g/mol. The third kappa shape index (κ3) is 3.85. The molecule has 0 atom stereocenters. The Morgan fingerprint density at radius 1 is 0.765 bits per heavy atom. The SMILES string of the molecule is CCN(C1=C(c2ccccc2OC)C(=O)N(c2cc(OC)ccc2OC)C1=O)c1ccccc1. The Labute approximate surface area is 198 Å². The number of rotatable bonds is 8. The van der Waals surface area contributed by atoms with Crippen molar-refractivity contribution in [3.8, 4) is 17.2 Å².